The Morgan fingerprint density at radius 1 is 1.27 bits per heavy atom. The number of esters is 1. The summed E-state index contributed by atoms with van der Waals surface area (Å²) in [5.74, 6) is 0.652. The van der Waals surface area contributed by atoms with Gasteiger partial charge in [0.1, 0.15) is 11.3 Å². The van der Waals surface area contributed by atoms with E-state index < -0.39 is 5.60 Å². The van der Waals surface area contributed by atoms with Crippen molar-refractivity contribution < 1.29 is 9.53 Å². The lowest BCUT2D eigenvalue weighted by Crippen LogP contribution is -2.23. The first-order chi connectivity index (χ1) is 12.3. The van der Waals surface area contributed by atoms with Crippen molar-refractivity contribution >= 4 is 5.97 Å². The minimum Gasteiger partial charge on any atom is -0.460 e. The molecular formula is C20H30N4O2. The van der Waals surface area contributed by atoms with E-state index in [0.29, 0.717) is 6.42 Å². The van der Waals surface area contributed by atoms with E-state index in [1.54, 1.807) is 6.20 Å². The molecule has 0 radical (unpaired) electrons. The molecule has 2 N–H and O–H groups in total. The minimum atomic E-state index is -0.416. The van der Waals surface area contributed by atoms with Crippen LogP contribution in [0.4, 0.5) is 0 Å². The Kier molecular flexibility index (Phi) is 6.91. The van der Waals surface area contributed by atoms with Crippen molar-refractivity contribution in [3.8, 4) is 11.5 Å². The molecule has 0 aliphatic carbocycles. The second-order valence-corrected chi connectivity index (χ2v) is 7.58. The molecule has 0 aliphatic heterocycles. The van der Waals surface area contributed by atoms with Gasteiger partial charge in [-0.05, 0) is 52.7 Å². The molecule has 0 saturated heterocycles. The third-order valence-corrected chi connectivity index (χ3v) is 3.94. The van der Waals surface area contributed by atoms with E-state index in [2.05, 4.69) is 9.97 Å². The molecule has 0 aliphatic rings. The van der Waals surface area contributed by atoms with Gasteiger partial charge >= 0.3 is 5.97 Å². The smallest absolute Gasteiger partial charge is 0.306 e. The summed E-state index contributed by atoms with van der Waals surface area (Å²) in [6.07, 6.45) is 7.48. The van der Waals surface area contributed by atoms with E-state index in [4.69, 9.17) is 10.5 Å². The van der Waals surface area contributed by atoms with Gasteiger partial charge in [0.25, 0.3) is 0 Å². The first-order valence-electron chi connectivity index (χ1n) is 9.20. The van der Waals surface area contributed by atoms with Gasteiger partial charge in [-0.15, -0.1) is 0 Å². The zero-order valence-corrected chi connectivity index (χ0v) is 16.2. The Bertz CT molecular complexity index is 719. The monoisotopic (exact) mass is 358 g/mol. The number of nitrogens with two attached hydrogens (primary N) is 1. The SMILES string of the molecule is Cc1cccc(-c2nccn2C(N)CCCCCC(=O)OC(C)(C)C)n1. The number of rotatable bonds is 8. The van der Waals surface area contributed by atoms with Crippen LogP contribution in [0.25, 0.3) is 11.5 Å². The molecule has 0 fully saturated rings. The fourth-order valence-corrected chi connectivity index (χ4v) is 2.78. The number of unbranched alkanes of at least 4 members (excludes halogenated alkanes) is 2. The Hall–Kier alpha value is -2.21. The molecule has 6 nitrogen and oxygen atoms in total. The van der Waals surface area contributed by atoms with Crippen LogP contribution in [0, 0.1) is 6.92 Å². The molecule has 0 saturated carbocycles. The summed E-state index contributed by atoms with van der Waals surface area (Å²) in [5.41, 5.74) is 7.71. The first kappa shape index (κ1) is 20.1. The van der Waals surface area contributed by atoms with Crippen LogP contribution in [0.5, 0.6) is 0 Å². The number of carbonyl (C=O) groups excluding carboxylic acids is 1. The summed E-state index contributed by atoms with van der Waals surface area (Å²) < 4.78 is 7.28. The van der Waals surface area contributed by atoms with Crippen molar-refractivity contribution in [2.45, 2.75) is 71.6 Å². The van der Waals surface area contributed by atoms with Crippen LogP contribution in [0.1, 0.15) is 64.7 Å². The van der Waals surface area contributed by atoms with Gasteiger partial charge in [0.2, 0.25) is 0 Å². The number of imidazole rings is 1. The summed E-state index contributed by atoms with van der Waals surface area (Å²) >= 11 is 0. The fraction of sp³-hybridized carbons (Fsp3) is 0.550. The number of carbonyl (C=O) groups is 1. The van der Waals surface area contributed by atoms with Crippen LogP contribution >= 0.6 is 0 Å². The van der Waals surface area contributed by atoms with Gasteiger partial charge in [-0.25, -0.2) is 9.97 Å². The molecule has 26 heavy (non-hydrogen) atoms. The molecule has 2 rings (SSSR count). The number of aromatic nitrogens is 3. The van der Waals surface area contributed by atoms with Crippen LogP contribution < -0.4 is 5.73 Å². The maximum absolute atomic E-state index is 11.7. The predicted molar refractivity (Wildman–Crippen MR) is 102 cm³/mol. The number of nitrogens with zero attached hydrogens (tertiary/aromatic N) is 3. The number of aryl methyl sites for hydroxylation is 1. The minimum absolute atomic E-state index is 0.135. The average molecular weight is 358 g/mol. The number of hydrogen-bond acceptors (Lipinski definition) is 5. The summed E-state index contributed by atoms with van der Waals surface area (Å²) in [6.45, 7) is 7.61. The molecule has 6 heteroatoms. The third-order valence-electron chi connectivity index (χ3n) is 3.94. The van der Waals surface area contributed by atoms with E-state index in [1.807, 2.05) is 56.7 Å². The van der Waals surface area contributed by atoms with Gasteiger partial charge in [0.05, 0.1) is 6.17 Å². The Balaban J connectivity index is 1.80. The third kappa shape index (κ3) is 6.26. The Morgan fingerprint density at radius 3 is 2.73 bits per heavy atom. The van der Waals surface area contributed by atoms with Crippen LogP contribution in [0.3, 0.4) is 0 Å². The second kappa shape index (κ2) is 8.94. The molecule has 2 heterocycles. The zero-order valence-electron chi connectivity index (χ0n) is 16.2. The molecule has 0 amide bonds. The molecule has 2 aromatic rings. The molecule has 2 aromatic heterocycles. The van der Waals surface area contributed by atoms with E-state index in [9.17, 15) is 4.79 Å². The predicted octanol–water partition coefficient (Wildman–Crippen LogP) is 4.00. The molecule has 0 aromatic carbocycles. The summed E-state index contributed by atoms with van der Waals surface area (Å²) in [5, 5.41) is 0. The Morgan fingerprint density at radius 2 is 2.04 bits per heavy atom. The highest BCUT2D eigenvalue weighted by atomic mass is 16.6. The van der Waals surface area contributed by atoms with Gasteiger partial charge in [-0.1, -0.05) is 18.9 Å². The van der Waals surface area contributed by atoms with Gasteiger partial charge in [-0.3, -0.25) is 4.79 Å². The Labute approximate surface area is 155 Å². The van der Waals surface area contributed by atoms with Gasteiger partial charge in [-0.2, -0.15) is 0 Å². The fourth-order valence-electron chi connectivity index (χ4n) is 2.78. The molecular weight excluding hydrogens is 328 g/mol. The van der Waals surface area contributed by atoms with E-state index in [1.165, 1.54) is 0 Å². The maximum Gasteiger partial charge on any atom is 0.306 e. The van der Waals surface area contributed by atoms with Crippen molar-refractivity contribution in [3.05, 3.63) is 36.3 Å². The van der Waals surface area contributed by atoms with Crippen LogP contribution in [-0.2, 0) is 9.53 Å². The lowest BCUT2D eigenvalue weighted by atomic mass is 10.1. The zero-order chi connectivity index (χ0) is 19.2. The number of hydrogen-bond donors (Lipinski definition) is 1. The van der Waals surface area contributed by atoms with E-state index in [-0.39, 0.29) is 12.1 Å². The number of pyridine rings is 1. The quantitative estimate of drug-likeness (QED) is 0.569. The van der Waals surface area contributed by atoms with E-state index in [0.717, 1.165) is 42.9 Å². The lowest BCUT2D eigenvalue weighted by molar-refractivity contribution is -0.154. The van der Waals surface area contributed by atoms with Crippen molar-refractivity contribution in [3.63, 3.8) is 0 Å². The normalized spacial score (nSPS) is 12.8. The topological polar surface area (TPSA) is 83.0 Å². The highest BCUT2D eigenvalue weighted by Gasteiger charge is 2.16. The molecule has 1 atom stereocenters. The number of ether oxygens (including phenoxy) is 1. The second-order valence-electron chi connectivity index (χ2n) is 7.58. The highest BCUT2D eigenvalue weighted by molar-refractivity contribution is 5.69. The lowest BCUT2D eigenvalue weighted by Gasteiger charge is -2.19. The van der Waals surface area contributed by atoms with Gasteiger partial charge < -0.3 is 15.0 Å². The highest BCUT2D eigenvalue weighted by Crippen LogP contribution is 2.21. The average Bonchev–Trinajstić information content (AvgIpc) is 3.02. The summed E-state index contributed by atoms with van der Waals surface area (Å²) in [7, 11) is 0. The molecule has 1 unspecified atom stereocenters. The molecule has 0 spiro atoms. The van der Waals surface area contributed by atoms with Crippen LogP contribution in [0.2, 0.25) is 0 Å². The van der Waals surface area contributed by atoms with Gasteiger partial charge in [0, 0.05) is 24.5 Å². The van der Waals surface area contributed by atoms with Crippen LogP contribution in [-0.4, -0.2) is 26.1 Å². The van der Waals surface area contributed by atoms with E-state index >= 15 is 0 Å². The largest absolute Gasteiger partial charge is 0.460 e. The standard InChI is InChI=1S/C20H30N4O2/c1-15-9-8-10-16(23-15)19-22-13-14-24(19)17(21)11-6-5-7-12-18(25)26-20(2,3)4/h8-10,13-14,17H,5-7,11-12,21H2,1-4H3. The summed E-state index contributed by atoms with van der Waals surface area (Å²) in [4.78, 5) is 20.6. The van der Waals surface area contributed by atoms with Crippen molar-refractivity contribution in [1.29, 1.82) is 0 Å². The van der Waals surface area contributed by atoms with Crippen molar-refractivity contribution in [2.75, 3.05) is 0 Å². The summed E-state index contributed by atoms with van der Waals surface area (Å²) in [6, 6.07) is 5.87. The first-order valence-corrected chi connectivity index (χ1v) is 9.20. The van der Waals surface area contributed by atoms with Crippen molar-refractivity contribution in [1.82, 2.24) is 14.5 Å². The molecule has 142 valence electrons. The van der Waals surface area contributed by atoms with Crippen molar-refractivity contribution in [2.24, 2.45) is 5.73 Å². The maximum atomic E-state index is 11.7. The van der Waals surface area contributed by atoms with Gasteiger partial charge in [0.15, 0.2) is 5.82 Å². The molecule has 0 bridgehead atoms. The van der Waals surface area contributed by atoms with Crippen LogP contribution in [0.15, 0.2) is 30.6 Å².